The highest BCUT2D eigenvalue weighted by molar-refractivity contribution is 7.71. The predicted molar refractivity (Wildman–Crippen MR) is 108 cm³/mol. The first-order valence-electron chi connectivity index (χ1n) is 8.38. The van der Waals surface area contributed by atoms with Gasteiger partial charge in [0.2, 0.25) is 4.77 Å². The molecule has 0 saturated heterocycles. The van der Waals surface area contributed by atoms with Gasteiger partial charge in [0.15, 0.2) is 12.5 Å². The maximum absolute atomic E-state index is 5.69. The molecule has 0 spiro atoms. The summed E-state index contributed by atoms with van der Waals surface area (Å²) >= 11 is 7.41. The van der Waals surface area contributed by atoms with E-state index in [0.717, 1.165) is 23.7 Å². The Morgan fingerprint density at radius 1 is 1.35 bits per heavy atom. The Bertz CT molecular complexity index is 927. The van der Waals surface area contributed by atoms with E-state index in [0.29, 0.717) is 18.0 Å². The standard InChI is InChI=1S/C19H22N4OS2/c1-4-10-22-18(16-7-5-6-8-17(16)24-3)20-23(19(22)25)14-21(2)12-15-9-11-26-13-15/h4-9,11,13H,1,10,12,14H2,2-3H3/p+1. The van der Waals surface area contributed by atoms with E-state index in [1.807, 2.05) is 39.6 Å². The van der Waals surface area contributed by atoms with Gasteiger partial charge in [-0.15, -0.1) is 11.7 Å². The third kappa shape index (κ3) is 3.95. The molecule has 0 fully saturated rings. The number of hydrogen-bond acceptors (Lipinski definition) is 4. The summed E-state index contributed by atoms with van der Waals surface area (Å²) in [6.07, 6.45) is 1.84. The molecule has 0 aliphatic carbocycles. The van der Waals surface area contributed by atoms with E-state index < -0.39 is 0 Å². The van der Waals surface area contributed by atoms with Crippen molar-refractivity contribution in [2.75, 3.05) is 14.2 Å². The summed E-state index contributed by atoms with van der Waals surface area (Å²) < 4.78 is 10.1. The molecule has 0 amide bonds. The Morgan fingerprint density at radius 3 is 2.85 bits per heavy atom. The summed E-state index contributed by atoms with van der Waals surface area (Å²) in [5.41, 5.74) is 2.26. The first kappa shape index (κ1) is 18.6. The molecule has 2 aromatic heterocycles. The molecule has 0 aliphatic heterocycles. The molecule has 0 aliphatic rings. The van der Waals surface area contributed by atoms with Crippen molar-refractivity contribution in [2.45, 2.75) is 19.8 Å². The number of para-hydroxylation sites is 1. The fourth-order valence-electron chi connectivity index (χ4n) is 2.92. The number of rotatable bonds is 8. The van der Waals surface area contributed by atoms with E-state index in [9.17, 15) is 0 Å². The van der Waals surface area contributed by atoms with Crippen LogP contribution < -0.4 is 9.64 Å². The van der Waals surface area contributed by atoms with Gasteiger partial charge in [0.25, 0.3) is 0 Å². The smallest absolute Gasteiger partial charge is 0.203 e. The number of hydrogen-bond donors (Lipinski definition) is 1. The lowest BCUT2D eigenvalue weighted by Gasteiger charge is -2.12. The fourth-order valence-corrected chi connectivity index (χ4v) is 3.85. The molecule has 5 nitrogen and oxygen atoms in total. The Balaban J connectivity index is 1.94. The van der Waals surface area contributed by atoms with Crippen LogP contribution in [0.1, 0.15) is 5.56 Å². The molecule has 3 aromatic rings. The van der Waals surface area contributed by atoms with Crippen molar-refractivity contribution in [1.82, 2.24) is 14.3 Å². The van der Waals surface area contributed by atoms with Crippen molar-refractivity contribution in [3.63, 3.8) is 0 Å². The first-order valence-corrected chi connectivity index (χ1v) is 9.73. The Labute approximate surface area is 162 Å². The number of allylic oxidation sites excluding steroid dienone is 1. The molecule has 1 N–H and O–H groups in total. The van der Waals surface area contributed by atoms with Crippen molar-refractivity contribution in [1.29, 1.82) is 0 Å². The quantitative estimate of drug-likeness (QED) is 0.477. The predicted octanol–water partition coefficient (Wildman–Crippen LogP) is 3.01. The molecular weight excluding hydrogens is 364 g/mol. The maximum Gasteiger partial charge on any atom is 0.203 e. The van der Waals surface area contributed by atoms with E-state index in [-0.39, 0.29) is 0 Å². The molecule has 0 radical (unpaired) electrons. The SMILES string of the molecule is C=CCn1c(-c2ccccc2OC)nn(C[NH+](C)Cc2ccsc2)c1=S. The average molecular weight is 388 g/mol. The summed E-state index contributed by atoms with van der Waals surface area (Å²) in [6.45, 7) is 6.09. The average Bonchev–Trinajstić information content (AvgIpc) is 3.25. The van der Waals surface area contributed by atoms with Crippen molar-refractivity contribution in [3.8, 4) is 17.1 Å². The zero-order chi connectivity index (χ0) is 18.5. The van der Waals surface area contributed by atoms with Crippen LogP contribution in [-0.4, -0.2) is 28.5 Å². The maximum atomic E-state index is 5.69. The molecule has 0 bridgehead atoms. The summed E-state index contributed by atoms with van der Waals surface area (Å²) in [7, 11) is 3.82. The molecule has 3 rings (SSSR count). The molecule has 2 heterocycles. The minimum atomic E-state index is 0.607. The second kappa shape index (κ2) is 8.44. The van der Waals surface area contributed by atoms with Crippen LogP contribution in [-0.2, 0) is 19.8 Å². The lowest BCUT2D eigenvalue weighted by molar-refractivity contribution is -0.917. The van der Waals surface area contributed by atoms with Crippen LogP contribution in [0, 0.1) is 4.77 Å². The van der Waals surface area contributed by atoms with E-state index in [4.69, 9.17) is 22.1 Å². The summed E-state index contributed by atoms with van der Waals surface area (Å²) in [5, 5.41) is 9.09. The van der Waals surface area contributed by atoms with Gasteiger partial charge in [0, 0.05) is 12.1 Å². The van der Waals surface area contributed by atoms with Crippen LogP contribution in [0.25, 0.3) is 11.4 Å². The number of thiophene rings is 1. The van der Waals surface area contributed by atoms with E-state index in [1.165, 1.54) is 10.5 Å². The van der Waals surface area contributed by atoms with Gasteiger partial charge in [0.05, 0.1) is 19.7 Å². The van der Waals surface area contributed by atoms with Gasteiger partial charge >= 0.3 is 0 Å². The highest BCUT2D eigenvalue weighted by atomic mass is 32.1. The minimum absolute atomic E-state index is 0.607. The molecule has 26 heavy (non-hydrogen) atoms. The second-order valence-corrected chi connectivity index (χ2v) is 7.27. The normalized spacial score (nSPS) is 12.1. The third-order valence-electron chi connectivity index (χ3n) is 4.09. The first-order chi connectivity index (χ1) is 12.6. The zero-order valence-electron chi connectivity index (χ0n) is 15.0. The van der Waals surface area contributed by atoms with Gasteiger partial charge in [0.1, 0.15) is 12.3 Å². The highest BCUT2D eigenvalue weighted by Gasteiger charge is 2.17. The molecule has 136 valence electrons. The van der Waals surface area contributed by atoms with Crippen LogP contribution in [0.2, 0.25) is 0 Å². The molecular formula is C19H23N4OS2+. The fraction of sp³-hybridized carbons (Fsp3) is 0.263. The number of methoxy groups -OCH3 is 1. The lowest BCUT2D eigenvalue weighted by atomic mass is 10.2. The highest BCUT2D eigenvalue weighted by Crippen LogP contribution is 2.28. The van der Waals surface area contributed by atoms with Gasteiger partial charge in [-0.3, -0.25) is 4.57 Å². The number of nitrogens with zero attached hydrogens (tertiary/aromatic N) is 3. The van der Waals surface area contributed by atoms with E-state index >= 15 is 0 Å². The van der Waals surface area contributed by atoms with Gasteiger partial charge in [-0.2, -0.15) is 16.0 Å². The summed E-state index contributed by atoms with van der Waals surface area (Å²) in [6, 6.07) is 10.0. The number of ether oxygens (including phenoxy) is 1. The van der Waals surface area contributed by atoms with Crippen LogP contribution in [0.5, 0.6) is 5.75 Å². The van der Waals surface area contributed by atoms with Crippen LogP contribution in [0.4, 0.5) is 0 Å². The number of benzene rings is 1. The van der Waals surface area contributed by atoms with E-state index in [2.05, 4.69) is 30.5 Å². The molecule has 7 heteroatoms. The van der Waals surface area contributed by atoms with E-state index in [1.54, 1.807) is 18.4 Å². The van der Waals surface area contributed by atoms with Gasteiger partial charge in [-0.25, -0.2) is 0 Å². The van der Waals surface area contributed by atoms with Crippen LogP contribution >= 0.6 is 23.6 Å². The summed E-state index contributed by atoms with van der Waals surface area (Å²) in [4.78, 5) is 1.31. The molecule has 1 aromatic carbocycles. The third-order valence-corrected chi connectivity index (χ3v) is 5.25. The lowest BCUT2D eigenvalue weighted by Crippen LogP contribution is -3.06. The second-order valence-electron chi connectivity index (χ2n) is 6.13. The Hall–Kier alpha value is -2.22. The van der Waals surface area contributed by atoms with Gasteiger partial charge < -0.3 is 9.64 Å². The number of nitrogens with one attached hydrogen (secondary N) is 1. The molecule has 0 saturated carbocycles. The molecule has 1 unspecified atom stereocenters. The van der Waals surface area contributed by atoms with Crippen molar-refractivity contribution in [2.24, 2.45) is 0 Å². The van der Waals surface area contributed by atoms with Crippen molar-refractivity contribution in [3.05, 3.63) is 64.1 Å². The Morgan fingerprint density at radius 2 is 2.15 bits per heavy atom. The largest absolute Gasteiger partial charge is 0.496 e. The minimum Gasteiger partial charge on any atom is -0.496 e. The van der Waals surface area contributed by atoms with Crippen molar-refractivity contribution >= 4 is 23.6 Å². The number of quaternary nitrogens is 1. The van der Waals surface area contributed by atoms with Crippen molar-refractivity contribution < 1.29 is 9.64 Å². The van der Waals surface area contributed by atoms with Crippen LogP contribution in [0.3, 0.4) is 0 Å². The summed E-state index contributed by atoms with van der Waals surface area (Å²) in [5.74, 6) is 1.58. The zero-order valence-corrected chi connectivity index (χ0v) is 16.6. The number of aromatic nitrogens is 3. The van der Waals surface area contributed by atoms with Gasteiger partial charge in [-0.1, -0.05) is 18.2 Å². The molecule has 1 atom stereocenters. The topological polar surface area (TPSA) is 36.4 Å². The van der Waals surface area contributed by atoms with Gasteiger partial charge in [-0.05, 0) is 41.2 Å². The monoisotopic (exact) mass is 387 g/mol. The van der Waals surface area contributed by atoms with Crippen LogP contribution in [0.15, 0.2) is 53.7 Å². The Kier molecular flexibility index (Phi) is 6.03.